The standard InChI is InChI=1S/C54H107N9O7/c55-40-28-19-13-7-1-4-10-16-22-37-49(64)61-46(34-25-29-41-56)52(67)59-44-32-20-14-8-2-5-11-17-23-38-50(65)62-47(35-26-30-42-57)53(68)60-45-33-21-15-9-3-6-12-18-24-39-51(66)63-48(54(69)70)36-27-31-43-58/h46-48H,1-45,55-58H2,(H,59,67)(H,60,68)(H,61,64)(H,62,65)(H,63,66)(H,69,70)/t46-,47-,48-/m0/s1. The fourth-order valence-electron chi connectivity index (χ4n) is 8.71. The predicted molar refractivity (Wildman–Crippen MR) is 286 cm³/mol. The van der Waals surface area contributed by atoms with E-state index in [1.54, 1.807) is 0 Å². The zero-order valence-corrected chi connectivity index (χ0v) is 44.3. The van der Waals surface area contributed by atoms with E-state index in [0.717, 1.165) is 180 Å². The summed E-state index contributed by atoms with van der Waals surface area (Å²) in [7, 11) is 0. The Balaban J connectivity index is 4.11. The van der Waals surface area contributed by atoms with Crippen LogP contribution in [0.2, 0.25) is 0 Å². The van der Waals surface area contributed by atoms with Gasteiger partial charge in [-0.3, -0.25) is 24.0 Å². The molecule has 0 heterocycles. The van der Waals surface area contributed by atoms with Crippen molar-refractivity contribution >= 4 is 35.5 Å². The van der Waals surface area contributed by atoms with Gasteiger partial charge in [0.1, 0.15) is 18.1 Å². The number of nitrogens with one attached hydrogen (secondary N) is 5. The third-order valence-electron chi connectivity index (χ3n) is 13.1. The van der Waals surface area contributed by atoms with E-state index in [9.17, 15) is 33.9 Å². The molecular formula is C54H107N9O7. The summed E-state index contributed by atoms with van der Waals surface area (Å²) in [4.78, 5) is 75.1. The number of amides is 5. The van der Waals surface area contributed by atoms with Crippen LogP contribution < -0.4 is 49.5 Å². The summed E-state index contributed by atoms with van der Waals surface area (Å²) in [5, 5.41) is 24.0. The van der Waals surface area contributed by atoms with E-state index >= 15 is 0 Å². The third-order valence-corrected chi connectivity index (χ3v) is 13.1. The highest BCUT2D eigenvalue weighted by molar-refractivity contribution is 5.88. The van der Waals surface area contributed by atoms with Gasteiger partial charge in [0.15, 0.2) is 0 Å². The normalized spacial score (nSPS) is 12.5. The first-order valence-electron chi connectivity index (χ1n) is 28.6. The molecule has 16 heteroatoms. The largest absolute Gasteiger partial charge is 0.480 e. The van der Waals surface area contributed by atoms with Gasteiger partial charge < -0.3 is 54.6 Å². The number of rotatable bonds is 53. The Hall–Kier alpha value is -3.34. The van der Waals surface area contributed by atoms with Crippen LogP contribution in [0, 0.1) is 0 Å². The van der Waals surface area contributed by atoms with Crippen molar-refractivity contribution in [2.24, 2.45) is 22.9 Å². The fraction of sp³-hybridized carbons (Fsp3) is 0.889. The highest BCUT2D eigenvalue weighted by atomic mass is 16.4. The third kappa shape index (κ3) is 43.4. The SMILES string of the molecule is NCCCCCCCCCCCC(=O)N[C@@H](CCCCN)C(=O)NCCCCCCCCCCCC(=O)N[C@@H](CCCCN)C(=O)NCCCCCCCCCCCC(=O)N[C@@H](CCCCN)C(=O)O. The molecule has 0 rings (SSSR count). The van der Waals surface area contributed by atoms with E-state index in [1.807, 2.05) is 0 Å². The Morgan fingerprint density at radius 1 is 0.300 bits per heavy atom. The van der Waals surface area contributed by atoms with E-state index in [0.29, 0.717) is 77.7 Å². The molecule has 70 heavy (non-hydrogen) atoms. The number of carbonyl (C=O) groups excluding carboxylic acids is 5. The van der Waals surface area contributed by atoms with Crippen LogP contribution in [-0.2, 0) is 28.8 Å². The number of carboxylic acids is 1. The Morgan fingerprint density at radius 3 is 0.814 bits per heavy atom. The lowest BCUT2D eigenvalue weighted by Gasteiger charge is -2.18. The predicted octanol–water partition coefficient (Wildman–Crippen LogP) is 7.81. The van der Waals surface area contributed by atoms with Gasteiger partial charge in [0.25, 0.3) is 0 Å². The summed E-state index contributed by atoms with van der Waals surface area (Å²) in [6.07, 6.45) is 36.3. The van der Waals surface area contributed by atoms with Gasteiger partial charge in [-0.15, -0.1) is 0 Å². The minimum Gasteiger partial charge on any atom is -0.480 e. The summed E-state index contributed by atoms with van der Waals surface area (Å²) in [5.41, 5.74) is 22.4. The van der Waals surface area contributed by atoms with E-state index in [1.165, 1.54) is 32.1 Å². The molecule has 0 aliphatic heterocycles. The maximum Gasteiger partial charge on any atom is 0.326 e. The van der Waals surface area contributed by atoms with Crippen LogP contribution in [0.3, 0.4) is 0 Å². The highest BCUT2D eigenvalue weighted by Gasteiger charge is 2.22. The smallest absolute Gasteiger partial charge is 0.326 e. The maximum atomic E-state index is 13.0. The summed E-state index contributed by atoms with van der Waals surface area (Å²) in [6.45, 7) is 3.62. The molecule has 3 atom stereocenters. The second kappa shape index (κ2) is 50.6. The van der Waals surface area contributed by atoms with E-state index in [4.69, 9.17) is 22.9 Å². The number of hydrogen-bond acceptors (Lipinski definition) is 10. The Kier molecular flexibility index (Phi) is 48.2. The molecule has 0 bridgehead atoms. The summed E-state index contributed by atoms with van der Waals surface area (Å²) in [6, 6.07) is -1.88. The minimum atomic E-state index is -0.998. The molecule has 0 fully saturated rings. The number of unbranched alkanes of at least 4 members (excludes halogenated alkanes) is 27. The van der Waals surface area contributed by atoms with Crippen molar-refractivity contribution in [3.63, 3.8) is 0 Å². The molecule has 14 N–H and O–H groups in total. The number of carbonyl (C=O) groups is 6. The number of carboxylic acid groups (broad SMARTS) is 1. The van der Waals surface area contributed by atoms with E-state index in [2.05, 4.69) is 26.6 Å². The first kappa shape index (κ1) is 66.7. The molecule has 0 radical (unpaired) electrons. The molecule has 0 spiro atoms. The van der Waals surface area contributed by atoms with Crippen LogP contribution >= 0.6 is 0 Å². The van der Waals surface area contributed by atoms with Crippen molar-refractivity contribution in [3.05, 3.63) is 0 Å². The number of aliphatic carboxylic acids is 1. The molecule has 0 saturated carbocycles. The van der Waals surface area contributed by atoms with Crippen LogP contribution in [0.1, 0.15) is 250 Å². The first-order valence-corrected chi connectivity index (χ1v) is 28.6. The lowest BCUT2D eigenvalue weighted by molar-refractivity contribution is -0.142. The zero-order valence-electron chi connectivity index (χ0n) is 44.3. The number of hydrogen-bond donors (Lipinski definition) is 10. The molecule has 0 aromatic carbocycles. The average Bonchev–Trinajstić information content (AvgIpc) is 3.34. The van der Waals surface area contributed by atoms with Crippen LogP contribution in [0.4, 0.5) is 0 Å². The summed E-state index contributed by atoms with van der Waals surface area (Å²) < 4.78 is 0. The topological polar surface area (TPSA) is 287 Å². The van der Waals surface area contributed by atoms with Gasteiger partial charge in [-0.1, -0.05) is 135 Å². The van der Waals surface area contributed by atoms with Crippen molar-refractivity contribution in [2.75, 3.05) is 39.3 Å². The molecule has 16 nitrogen and oxygen atoms in total. The lowest BCUT2D eigenvalue weighted by atomic mass is 10.0. The monoisotopic (exact) mass is 994 g/mol. The van der Waals surface area contributed by atoms with Gasteiger partial charge in [0.05, 0.1) is 0 Å². The maximum absolute atomic E-state index is 13.0. The van der Waals surface area contributed by atoms with E-state index < -0.39 is 24.1 Å². The molecule has 410 valence electrons. The Labute approximate surface area is 425 Å². The highest BCUT2D eigenvalue weighted by Crippen LogP contribution is 2.14. The Bertz CT molecular complexity index is 1290. The quantitative estimate of drug-likeness (QED) is 0.0262. The van der Waals surface area contributed by atoms with Crippen molar-refractivity contribution in [1.82, 2.24) is 26.6 Å². The fourth-order valence-corrected chi connectivity index (χ4v) is 8.71. The first-order chi connectivity index (χ1) is 34.1. The molecule has 0 aliphatic rings. The molecular weight excluding hydrogens is 887 g/mol. The number of nitrogens with two attached hydrogens (primary N) is 4. The van der Waals surface area contributed by atoms with Gasteiger partial charge in [0, 0.05) is 32.4 Å². The van der Waals surface area contributed by atoms with Gasteiger partial charge in [-0.05, 0) is 122 Å². The molecule has 0 unspecified atom stereocenters. The van der Waals surface area contributed by atoms with Crippen molar-refractivity contribution in [3.8, 4) is 0 Å². The molecule has 0 saturated heterocycles. The van der Waals surface area contributed by atoms with E-state index in [-0.39, 0.29) is 29.5 Å². The summed E-state index contributed by atoms with van der Waals surface area (Å²) >= 11 is 0. The second-order valence-corrected chi connectivity index (χ2v) is 19.7. The van der Waals surface area contributed by atoms with Crippen LogP contribution in [0.25, 0.3) is 0 Å². The van der Waals surface area contributed by atoms with Crippen molar-refractivity contribution in [1.29, 1.82) is 0 Å². The minimum absolute atomic E-state index is 0.0407. The van der Waals surface area contributed by atoms with Crippen LogP contribution in [-0.4, -0.2) is 98.0 Å². The lowest BCUT2D eigenvalue weighted by Crippen LogP contribution is -2.47. The van der Waals surface area contributed by atoms with Gasteiger partial charge in [-0.25, -0.2) is 4.79 Å². The summed E-state index contributed by atoms with van der Waals surface area (Å²) in [5.74, 6) is -1.53. The van der Waals surface area contributed by atoms with Gasteiger partial charge in [0.2, 0.25) is 29.5 Å². The van der Waals surface area contributed by atoms with Crippen molar-refractivity contribution in [2.45, 2.75) is 269 Å². The zero-order chi connectivity index (χ0) is 51.6. The van der Waals surface area contributed by atoms with Gasteiger partial charge in [-0.2, -0.15) is 0 Å². The molecule has 5 amide bonds. The van der Waals surface area contributed by atoms with Gasteiger partial charge >= 0.3 is 5.97 Å². The molecule has 0 aliphatic carbocycles. The molecule has 0 aromatic rings. The van der Waals surface area contributed by atoms with Crippen molar-refractivity contribution < 1.29 is 33.9 Å². The Morgan fingerprint density at radius 2 is 0.529 bits per heavy atom. The average molecular weight is 995 g/mol. The second-order valence-electron chi connectivity index (χ2n) is 19.7. The molecule has 0 aromatic heterocycles. The van der Waals surface area contributed by atoms with Crippen LogP contribution in [0.5, 0.6) is 0 Å². The van der Waals surface area contributed by atoms with Crippen LogP contribution in [0.15, 0.2) is 0 Å².